The molecule has 2 atom stereocenters. The van der Waals surface area contributed by atoms with Crippen LogP contribution in [-0.2, 0) is 11.3 Å². The largest absolute Gasteiger partial charge is 0.490 e. The predicted molar refractivity (Wildman–Crippen MR) is 134 cm³/mol. The van der Waals surface area contributed by atoms with Crippen molar-refractivity contribution in [1.29, 1.82) is 0 Å². The van der Waals surface area contributed by atoms with E-state index in [1.165, 1.54) is 5.56 Å². The number of carboxylic acid groups (broad SMARTS) is 1. The van der Waals surface area contributed by atoms with Gasteiger partial charge in [0.25, 0.3) is 0 Å². The highest BCUT2D eigenvalue weighted by Crippen LogP contribution is 2.35. The molecule has 0 bridgehead atoms. The number of rotatable bonds is 9. The van der Waals surface area contributed by atoms with Gasteiger partial charge in [-0.1, -0.05) is 65.7 Å². The third-order valence-electron chi connectivity index (χ3n) is 6.01. The van der Waals surface area contributed by atoms with E-state index < -0.39 is 11.9 Å². The van der Waals surface area contributed by atoms with E-state index in [4.69, 9.17) is 32.7 Å². The van der Waals surface area contributed by atoms with E-state index in [0.717, 1.165) is 17.7 Å². The minimum absolute atomic E-state index is 0.0654. The molecule has 1 aliphatic heterocycles. The number of likely N-dealkylation sites (tertiary alicyclic amines) is 1. The summed E-state index contributed by atoms with van der Waals surface area (Å²) in [5, 5.41) is 10.7. The van der Waals surface area contributed by atoms with E-state index in [0.29, 0.717) is 47.8 Å². The third kappa shape index (κ3) is 6.03. The Morgan fingerprint density at radius 1 is 0.971 bits per heavy atom. The molecular weight excluding hydrogens is 473 g/mol. The second kappa shape index (κ2) is 11.1. The Bertz CT molecular complexity index is 1100. The highest BCUT2D eigenvalue weighted by molar-refractivity contribution is 6.37. The molecule has 1 N–H and O–H groups in total. The lowest BCUT2D eigenvalue weighted by Gasteiger charge is -2.17. The molecule has 0 aromatic heterocycles. The van der Waals surface area contributed by atoms with Crippen molar-refractivity contribution in [3.05, 3.63) is 93.5 Å². The van der Waals surface area contributed by atoms with Gasteiger partial charge in [0, 0.05) is 25.6 Å². The lowest BCUT2D eigenvalue weighted by Crippen LogP contribution is -2.23. The molecule has 0 aliphatic carbocycles. The van der Waals surface area contributed by atoms with Crippen molar-refractivity contribution in [2.24, 2.45) is 5.92 Å². The summed E-state index contributed by atoms with van der Waals surface area (Å²) in [6, 6.07) is 21.4. The summed E-state index contributed by atoms with van der Waals surface area (Å²) >= 11 is 12.4. The normalized spacial score (nSPS) is 18.1. The van der Waals surface area contributed by atoms with Gasteiger partial charge in [0.1, 0.15) is 19.0 Å². The summed E-state index contributed by atoms with van der Waals surface area (Å²) in [5.74, 6) is -0.114. The Morgan fingerprint density at radius 3 is 2.26 bits per heavy atom. The van der Waals surface area contributed by atoms with Crippen LogP contribution < -0.4 is 9.47 Å². The number of carbonyl (C=O) groups is 1. The Kier molecular flexibility index (Phi) is 7.99. The summed E-state index contributed by atoms with van der Waals surface area (Å²) in [6.07, 6.45) is 0. The zero-order chi connectivity index (χ0) is 24.1. The van der Waals surface area contributed by atoms with Crippen LogP contribution in [0, 0.1) is 12.8 Å². The number of carboxylic acids is 1. The molecule has 0 amide bonds. The van der Waals surface area contributed by atoms with Gasteiger partial charge in [0.2, 0.25) is 0 Å². The van der Waals surface area contributed by atoms with Crippen molar-refractivity contribution < 1.29 is 19.4 Å². The van der Waals surface area contributed by atoms with Crippen LogP contribution in [0.2, 0.25) is 10.0 Å². The summed E-state index contributed by atoms with van der Waals surface area (Å²) in [6.45, 7) is 4.53. The maximum atomic E-state index is 11.9. The highest BCUT2D eigenvalue weighted by atomic mass is 35.5. The van der Waals surface area contributed by atoms with Crippen LogP contribution in [0.1, 0.15) is 22.6 Å². The molecule has 0 spiro atoms. The molecule has 5 nitrogen and oxygen atoms in total. The predicted octanol–water partition coefficient (Wildman–Crippen LogP) is 6.06. The van der Waals surface area contributed by atoms with Crippen LogP contribution >= 0.6 is 23.2 Å². The van der Waals surface area contributed by atoms with Crippen molar-refractivity contribution >= 4 is 29.2 Å². The molecule has 1 saturated heterocycles. The zero-order valence-corrected chi connectivity index (χ0v) is 20.4. The Balaban J connectivity index is 1.32. The smallest absolute Gasteiger partial charge is 0.308 e. The molecule has 0 saturated carbocycles. The van der Waals surface area contributed by atoms with Gasteiger partial charge < -0.3 is 14.6 Å². The van der Waals surface area contributed by atoms with Crippen LogP contribution in [0.5, 0.6) is 11.5 Å². The number of aliphatic carboxylic acids is 1. The fraction of sp³-hybridized carbons (Fsp3) is 0.296. The molecular formula is C27H27Cl2NO4. The molecule has 178 valence electrons. The van der Waals surface area contributed by atoms with E-state index >= 15 is 0 Å². The first-order valence-electron chi connectivity index (χ1n) is 11.2. The summed E-state index contributed by atoms with van der Waals surface area (Å²) in [4.78, 5) is 14.1. The van der Waals surface area contributed by atoms with Crippen LogP contribution in [-0.4, -0.2) is 42.3 Å². The molecule has 34 heavy (non-hydrogen) atoms. The van der Waals surface area contributed by atoms with E-state index in [-0.39, 0.29) is 5.92 Å². The van der Waals surface area contributed by atoms with Crippen molar-refractivity contribution in [1.82, 2.24) is 4.90 Å². The topological polar surface area (TPSA) is 59.0 Å². The monoisotopic (exact) mass is 499 g/mol. The fourth-order valence-electron chi connectivity index (χ4n) is 4.38. The molecule has 1 fully saturated rings. The minimum Gasteiger partial charge on any atom is -0.490 e. The highest BCUT2D eigenvalue weighted by Gasteiger charge is 2.38. The Morgan fingerprint density at radius 2 is 1.62 bits per heavy atom. The van der Waals surface area contributed by atoms with Crippen molar-refractivity contribution in [2.45, 2.75) is 19.4 Å². The maximum Gasteiger partial charge on any atom is 0.308 e. The molecule has 0 radical (unpaired) electrons. The molecule has 2 unspecified atom stereocenters. The molecule has 1 heterocycles. The molecule has 7 heteroatoms. The van der Waals surface area contributed by atoms with E-state index in [9.17, 15) is 9.90 Å². The van der Waals surface area contributed by atoms with Gasteiger partial charge >= 0.3 is 5.97 Å². The second-order valence-electron chi connectivity index (χ2n) is 8.55. The maximum absolute atomic E-state index is 11.9. The lowest BCUT2D eigenvalue weighted by molar-refractivity contribution is -0.141. The van der Waals surface area contributed by atoms with Gasteiger partial charge in [-0.05, 0) is 47.9 Å². The first kappa shape index (κ1) is 24.4. The van der Waals surface area contributed by atoms with Crippen LogP contribution in [0.25, 0.3) is 0 Å². The zero-order valence-electron chi connectivity index (χ0n) is 18.9. The van der Waals surface area contributed by atoms with Crippen molar-refractivity contribution in [3.63, 3.8) is 0 Å². The van der Waals surface area contributed by atoms with Gasteiger partial charge in [0.15, 0.2) is 5.75 Å². The Hall–Kier alpha value is -2.73. The summed E-state index contributed by atoms with van der Waals surface area (Å²) < 4.78 is 11.5. The molecule has 3 aromatic rings. The number of hydrogen-bond acceptors (Lipinski definition) is 4. The molecule has 3 aromatic carbocycles. The van der Waals surface area contributed by atoms with Gasteiger partial charge in [-0.2, -0.15) is 0 Å². The minimum atomic E-state index is -0.758. The number of aryl methyl sites for hydroxylation is 1. The summed E-state index contributed by atoms with van der Waals surface area (Å²) in [7, 11) is 0. The quantitative estimate of drug-likeness (QED) is 0.362. The number of hydrogen-bond donors (Lipinski definition) is 1. The van der Waals surface area contributed by atoms with Crippen LogP contribution in [0.3, 0.4) is 0 Å². The van der Waals surface area contributed by atoms with Gasteiger partial charge in [-0.25, -0.2) is 0 Å². The first-order valence-corrected chi connectivity index (χ1v) is 12.0. The van der Waals surface area contributed by atoms with E-state index in [1.54, 1.807) is 12.1 Å². The van der Waals surface area contributed by atoms with Gasteiger partial charge in [-0.15, -0.1) is 0 Å². The standard InChI is InChI=1S/C27H27Cl2NO4/c1-18-13-24(28)26(25(29)14-18)34-12-11-33-21-9-7-20(8-10-21)22-16-30(17-23(22)27(31)32)15-19-5-3-2-4-6-19/h2-10,13-14,22-23H,11-12,15-17H2,1H3,(H,31,32). The van der Waals surface area contributed by atoms with Crippen LogP contribution in [0.15, 0.2) is 66.7 Å². The number of nitrogens with zero attached hydrogens (tertiary/aromatic N) is 1. The SMILES string of the molecule is Cc1cc(Cl)c(OCCOc2ccc(C3CN(Cc4ccccc4)CC3C(=O)O)cc2)c(Cl)c1. The average molecular weight is 500 g/mol. The van der Waals surface area contributed by atoms with Crippen molar-refractivity contribution in [3.8, 4) is 11.5 Å². The third-order valence-corrected chi connectivity index (χ3v) is 6.57. The second-order valence-corrected chi connectivity index (χ2v) is 9.37. The molecule has 4 rings (SSSR count). The van der Waals surface area contributed by atoms with Gasteiger partial charge in [0.05, 0.1) is 16.0 Å². The van der Waals surface area contributed by atoms with E-state index in [2.05, 4.69) is 17.0 Å². The Labute approximate surface area is 209 Å². The van der Waals surface area contributed by atoms with Crippen molar-refractivity contribution in [2.75, 3.05) is 26.3 Å². The van der Waals surface area contributed by atoms with Gasteiger partial charge in [-0.3, -0.25) is 9.69 Å². The molecule has 1 aliphatic rings. The van der Waals surface area contributed by atoms with Crippen LogP contribution in [0.4, 0.5) is 0 Å². The number of benzene rings is 3. The first-order chi connectivity index (χ1) is 16.4. The summed E-state index contributed by atoms with van der Waals surface area (Å²) in [5.41, 5.74) is 3.16. The number of halogens is 2. The van der Waals surface area contributed by atoms with E-state index in [1.807, 2.05) is 49.4 Å². The lowest BCUT2D eigenvalue weighted by atomic mass is 9.89. The number of ether oxygens (including phenoxy) is 2. The fourth-order valence-corrected chi connectivity index (χ4v) is 5.09. The average Bonchev–Trinajstić information content (AvgIpc) is 3.23.